The van der Waals surface area contributed by atoms with Crippen LogP contribution in [0.15, 0.2) is 24.3 Å². The fourth-order valence-electron chi connectivity index (χ4n) is 10.3. The maximum atomic E-state index is 12.0. The fraction of sp³-hybridized carbons (Fsp3) is 0.857. The first-order chi connectivity index (χ1) is 20.2. The zero-order valence-corrected chi connectivity index (χ0v) is 27.8. The topological polar surface area (TPSA) is 157 Å². The maximum Gasteiger partial charge on any atom is 0.303 e. The van der Waals surface area contributed by atoms with Gasteiger partial charge in [-0.2, -0.15) is 0 Å². The molecule has 3 aliphatic carbocycles. The van der Waals surface area contributed by atoms with Crippen LogP contribution in [0.5, 0.6) is 0 Å². The van der Waals surface area contributed by atoms with E-state index in [4.69, 9.17) is 9.47 Å². The molecule has 6 N–H and O–H groups in total. The Labute approximate surface area is 263 Å². The SMILES string of the molecule is C=C(C)[C@@H]1CC[C@]2(C)[C@H](C[C@@H](O[C@@H]3OC[C@H](O)[C@H](O)[C@H]3O)[C@@H]3[C@@H]([C@@](C)(O)C/C=C/C(C)(C)O)CC[C@]32C)[C@@]1(C)CCC(=O)O. The second kappa shape index (κ2) is 12.4. The third-order valence-corrected chi connectivity index (χ3v) is 12.7. The van der Waals surface area contributed by atoms with Gasteiger partial charge < -0.3 is 40.1 Å². The third kappa shape index (κ3) is 6.32. The number of aliphatic hydroxyl groups is 5. The molecule has 4 rings (SSSR count). The smallest absolute Gasteiger partial charge is 0.303 e. The van der Waals surface area contributed by atoms with Crippen LogP contribution in [0.25, 0.3) is 0 Å². The Morgan fingerprint density at radius 3 is 2.27 bits per heavy atom. The molecule has 3 saturated carbocycles. The molecule has 44 heavy (non-hydrogen) atoms. The molecule has 13 atom stereocenters. The summed E-state index contributed by atoms with van der Waals surface area (Å²) in [5, 5.41) is 63.5. The number of allylic oxidation sites excluding steroid dienone is 1. The van der Waals surface area contributed by atoms with Crippen molar-refractivity contribution in [3.63, 3.8) is 0 Å². The van der Waals surface area contributed by atoms with E-state index in [1.54, 1.807) is 19.9 Å². The molecule has 0 spiro atoms. The molecule has 0 aromatic heterocycles. The molecule has 4 fully saturated rings. The number of carboxylic acids is 1. The molecule has 0 radical (unpaired) electrons. The van der Waals surface area contributed by atoms with Gasteiger partial charge in [0.25, 0.3) is 0 Å². The van der Waals surface area contributed by atoms with E-state index in [2.05, 4.69) is 27.4 Å². The van der Waals surface area contributed by atoms with Gasteiger partial charge in [0.2, 0.25) is 0 Å². The van der Waals surface area contributed by atoms with Gasteiger partial charge in [-0.15, -0.1) is 0 Å². The molecule has 0 aromatic rings. The highest BCUT2D eigenvalue weighted by molar-refractivity contribution is 5.66. The number of carboxylic acid groups (broad SMARTS) is 1. The summed E-state index contributed by atoms with van der Waals surface area (Å²) in [5.74, 6) is -0.914. The minimum atomic E-state index is -1.44. The predicted octanol–water partition coefficient (Wildman–Crippen LogP) is 4.19. The highest BCUT2D eigenvalue weighted by Gasteiger charge is 2.70. The Hall–Kier alpha value is -1.33. The van der Waals surface area contributed by atoms with Gasteiger partial charge in [-0.3, -0.25) is 4.79 Å². The fourth-order valence-corrected chi connectivity index (χ4v) is 10.3. The van der Waals surface area contributed by atoms with Crippen LogP contribution in [0.4, 0.5) is 0 Å². The van der Waals surface area contributed by atoms with Crippen molar-refractivity contribution >= 4 is 5.97 Å². The van der Waals surface area contributed by atoms with Crippen molar-refractivity contribution in [1.29, 1.82) is 0 Å². The van der Waals surface area contributed by atoms with Crippen molar-refractivity contribution in [2.75, 3.05) is 6.61 Å². The van der Waals surface area contributed by atoms with E-state index in [-0.39, 0.29) is 52.9 Å². The summed E-state index contributed by atoms with van der Waals surface area (Å²) < 4.78 is 12.4. The molecule has 1 aliphatic heterocycles. The van der Waals surface area contributed by atoms with Gasteiger partial charge in [-0.05, 0) is 113 Å². The molecule has 252 valence electrons. The standard InChI is InChI=1S/C35H58O9/c1-20(2)21-10-16-33(6)25(32(21,5)15-12-26(37)38)18-24(44-30-29(40)28(39)23(36)19-43-30)27-22(11-17-34(27,33)7)35(8,42)14-9-13-31(3,4)41/h9,13,21-25,27-30,36,39-42H,1,10-12,14-19H2,2-8H3,(H,37,38)/b13-9+/t21-,22-,23-,24+,25+,27-,28-,29+,30-,32-,33+,34+,35-/m0/s1. The highest BCUT2D eigenvalue weighted by Crippen LogP contribution is 2.74. The van der Waals surface area contributed by atoms with Crippen molar-refractivity contribution in [2.45, 2.75) is 142 Å². The quantitative estimate of drug-likeness (QED) is 0.155. The Balaban J connectivity index is 1.79. The summed E-state index contributed by atoms with van der Waals surface area (Å²) in [6.45, 7) is 18.3. The number of fused-ring (bicyclic) bond motifs is 3. The number of hydrogen-bond donors (Lipinski definition) is 6. The van der Waals surface area contributed by atoms with Crippen molar-refractivity contribution in [3.05, 3.63) is 24.3 Å². The number of aliphatic hydroxyl groups excluding tert-OH is 3. The summed E-state index contributed by atoms with van der Waals surface area (Å²) in [6, 6.07) is 0. The van der Waals surface area contributed by atoms with Crippen LogP contribution in [0.3, 0.4) is 0 Å². The summed E-state index contributed by atoms with van der Waals surface area (Å²) >= 11 is 0. The van der Waals surface area contributed by atoms with Gasteiger partial charge in [0.1, 0.15) is 18.3 Å². The van der Waals surface area contributed by atoms with Gasteiger partial charge in [0, 0.05) is 6.42 Å². The van der Waals surface area contributed by atoms with E-state index >= 15 is 0 Å². The van der Waals surface area contributed by atoms with Gasteiger partial charge in [0.05, 0.1) is 23.9 Å². The van der Waals surface area contributed by atoms with Crippen LogP contribution >= 0.6 is 0 Å². The van der Waals surface area contributed by atoms with Crippen LogP contribution in [0.1, 0.15) is 99.8 Å². The zero-order valence-electron chi connectivity index (χ0n) is 27.8. The van der Waals surface area contributed by atoms with Crippen molar-refractivity contribution in [3.8, 4) is 0 Å². The molecular formula is C35H58O9. The minimum absolute atomic E-state index is 0.0535. The second-order valence-electron chi connectivity index (χ2n) is 16.2. The monoisotopic (exact) mass is 622 g/mol. The number of aliphatic carboxylic acids is 1. The highest BCUT2D eigenvalue weighted by atomic mass is 16.7. The predicted molar refractivity (Wildman–Crippen MR) is 166 cm³/mol. The van der Waals surface area contributed by atoms with Crippen molar-refractivity contribution in [1.82, 2.24) is 0 Å². The Bertz CT molecular complexity index is 1100. The van der Waals surface area contributed by atoms with Crippen molar-refractivity contribution in [2.24, 2.45) is 39.9 Å². The molecule has 9 nitrogen and oxygen atoms in total. The largest absolute Gasteiger partial charge is 0.481 e. The summed E-state index contributed by atoms with van der Waals surface area (Å²) in [4.78, 5) is 11.9. The van der Waals surface area contributed by atoms with Crippen LogP contribution < -0.4 is 0 Å². The molecule has 1 saturated heterocycles. The molecule has 0 aromatic carbocycles. The average Bonchev–Trinajstić information content (AvgIpc) is 3.28. The van der Waals surface area contributed by atoms with Gasteiger partial charge in [-0.1, -0.05) is 45.1 Å². The third-order valence-electron chi connectivity index (χ3n) is 12.7. The molecule has 1 heterocycles. The number of hydrogen-bond acceptors (Lipinski definition) is 8. The average molecular weight is 623 g/mol. The van der Waals surface area contributed by atoms with Gasteiger partial charge >= 0.3 is 5.97 Å². The Morgan fingerprint density at radius 1 is 1.05 bits per heavy atom. The minimum Gasteiger partial charge on any atom is -0.481 e. The molecule has 0 unspecified atom stereocenters. The number of carbonyl (C=O) groups is 1. The van der Waals surface area contributed by atoms with E-state index in [9.17, 15) is 35.4 Å². The molecule has 0 bridgehead atoms. The second-order valence-corrected chi connectivity index (χ2v) is 16.2. The van der Waals surface area contributed by atoms with Gasteiger partial charge in [0.15, 0.2) is 6.29 Å². The maximum absolute atomic E-state index is 12.0. The first kappa shape index (κ1) is 35.5. The van der Waals surface area contributed by atoms with Crippen LogP contribution in [-0.2, 0) is 14.3 Å². The first-order valence-electron chi connectivity index (χ1n) is 16.5. The zero-order chi connectivity index (χ0) is 33.0. The lowest BCUT2D eigenvalue weighted by Crippen LogP contribution is -2.65. The number of ether oxygens (including phenoxy) is 2. The van der Waals surface area contributed by atoms with Crippen LogP contribution in [0, 0.1) is 39.9 Å². The molecule has 4 aliphatic rings. The lowest BCUT2D eigenvalue weighted by atomic mass is 9.37. The molecule has 0 amide bonds. The summed E-state index contributed by atoms with van der Waals surface area (Å²) in [6.07, 6.45) is 2.80. The Kier molecular flexibility index (Phi) is 9.98. The normalized spacial score (nSPS) is 45.9. The van der Waals surface area contributed by atoms with Crippen LogP contribution in [0.2, 0.25) is 0 Å². The summed E-state index contributed by atoms with van der Waals surface area (Å²) in [5.41, 5.74) is -1.91. The lowest BCUT2D eigenvalue weighted by molar-refractivity contribution is -0.312. The summed E-state index contributed by atoms with van der Waals surface area (Å²) in [7, 11) is 0. The van der Waals surface area contributed by atoms with Crippen molar-refractivity contribution < 1.29 is 44.9 Å². The van der Waals surface area contributed by atoms with Crippen LogP contribution in [-0.4, -0.2) is 85.1 Å². The first-order valence-corrected chi connectivity index (χ1v) is 16.5. The van der Waals surface area contributed by atoms with E-state index in [1.807, 2.05) is 19.9 Å². The molecule has 9 heteroatoms. The van der Waals surface area contributed by atoms with E-state index in [1.165, 1.54) is 0 Å². The van der Waals surface area contributed by atoms with Gasteiger partial charge in [-0.25, -0.2) is 0 Å². The Morgan fingerprint density at radius 2 is 1.68 bits per heavy atom. The lowest BCUT2D eigenvalue weighted by Gasteiger charge is -2.68. The molecular weight excluding hydrogens is 564 g/mol. The van der Waals surface area contributed by atoms with E-state index < -0.39 is 47.9 Å². The van der Waals surface area contributed by atoms with E-state index in [0.29, 0.717) is 19.3 Å². The van der Waals surface area contributed by atoms with E-state index in [0.717, 1.165) is 31.3 Å². The number of rotatable bonds is 10.